The van der Waals surface area contributed by atoms with Crippen molar-refractivity contribution in [1.29, 1.82) is 0 Å². The van der Waals surface area contributed by atoms with Gasteiger partial charge in [-0.05, 0) is 0 Å². The van der Waals surface area contributed by atoms with Gasteiger partial charge in [-0.15, -0.1) is 0 Å². The highest BCUT2D eigenvalue weighted by molar-refractivity contribution is 5.77. The first-order chi connectivity index (χ1) is 12.2. The summed E-state index contributed by atoms with van der Waals surface area (Å²) >= 11 is 0. The maximum Gasteiger partial charge on any atom is 0.252 e. The first-order valence-corrected chi connectivity index (χ1v) is 7.94. The molecule has 0 aliphatic heterocycles. The van der Waals surface area contributed by atoms with Gasteiger partial charge in [0, 0.05) is 30.4 Å². The summed E-state index contributed by atoms with van der Waals surface area (Å²) in [6.07, 6.45) is 3.44. The number of nitrogens with zero attached hydrogens (tertiary/aromatic N) is 3. The number of ether oxygens (including phenoxy) is 1. The first kappa shape index (κ1) is 16.8. The number of amides is 1. The van der Waals surface area contributed by atoms with E-state index in [9.17, 15) is 4.79 Å². The summed E-state index contributed by atoms with van der Waals surface area (Å²) in [5, 5.41) is 6.69. The average molecular weight is 341 g/mol. The number of imidazole rings is 1. The Morgan fingerprint density at radius 1 is 1.36 bits per heavy atom. The van der Waals surface area contributed by atoms with E-state index in [0.717, 1.165) is 11.4 Å². The Morgan fingerprint density at radius 3 is 2.96 bits per heavy atom. The topological polar surface area (TPSA) is 106 Å². The van der Waals surface area contributed by atoms with E-state index < -0.39 is 0 Å². The molecule has 0 saturated heterocycles. The van der Waals surface area contributed by atoms with Crippen molar-refractivity contribution >= 4 is 5.91 Å². The number of benzene rings is 1. The second-order valence-corrected chi connectivity index (χ2v) is 5.55. The molecule has 1 atom stereocenters. The second-order valence-electron chi connectivity index (χ2n) is 5.55. The maximum absolute atomic E-state index is 11.8. The largest absolute Gasteiger partial charge is 0.362 e. The molecule has 130 valence electrons. The van der Waals surface area contributed by atoms with E-state index >= 15 is 0 Å². The quantitative estimate of drug-likeness (QED) is 0.648. The van der Waals surface area contributed by atoms with Gasteiger partial charge < -0.3 is 19.6 Å². The number of aromatic nitrogens is 4. The molecule has 3 rings (SSSR count). The predicted molar refractivity (Wildman–Crippen MR) is 89.4 cm³/mol. The molecule has 0 saturated carbocycles. The number of hydrogen-bond donors (Lipinski definition) is 2. The highest BCUT2D eigenvalue weighted by atomic mass is 16.5. The summed E-state index contributed by atoms with van der Waals surface area (Å²) in [4.78, 5) is 23.2. The van der Waals surface area contributed by atoms with Gasteiger partial charge in [0.2, 0.25) is 11.7 Å². The first-order valence-electron chi connectivity index (χ1n) is 7.94. The fraction of sp³-hybridized carbons (Fsp3) is 0.294. The van der Waals surface area contributed by atoms with Crippen LogP contribution in [0.15, 0.2) is 47.2 Å². The molecule has 0 radical (unpaired) electrons. The third-order valence-corrected chi connectivity index (χ3v) is 3.55. The maximum atomic E-state index is 11.8. The monoisotopic (exact) mass is 341 g/mol. The Labute approximate surface area is 144 Å². The molecule has 8 heteroatoms. The fourth-order valence-corrected chi connectivity index (χ4v) is 2.21. The van der Waals surface area contributed by atoms with Crippen LogP contribution in [0.1, 0.15) is 24.6 Å². The van der Waals surface area contributed by atoms with Gasteiger partial charge in [-0.25, -0.2) is 4.98 Å². The molecule has 2 aromatic heterocycles. The summed E-state index contributed by atoms with van der Waals surface area (Å²) in [6.45, 7) is 2.47. The van der Waals surface area contributed by atoms with Crippen LogP contribution >= 0.6 is 0 Å². The highest BCUT2D eigenvalue weighted by Gasteiger charge is 2.11. The van der Waals surface area contributed by atoms with Crippen LogP contribution in [-0.2, 0) is 16.1 Å². The van der Waals surface area contributed by atoms with Gasteiger partial charge >= 0.3 is 0 Å². The van der Waals surface area contributed by atoms with Crippen molar-refractivity contribution in [2.75, 3.05) is 13.2 Å². The molecule has 1 unspecified atom stereocenters. The van der Waals surface area contributed by atoms with Gasteiger partial charge in [0.1, 0.15) is 19.0 Å². The average Bonchev–Trinajstić information content (AvgIpc) is 3.32. The lowest BCUT2D eigenvalue weighted by Gasteiger charge is -2.10. The van der Waals surface area contributed by atoms with Gasteiger partial charge in [0.25, 0.3) is 5.89 Å². The summed E-state index contributed by atoms with van der Waals surface area (Å²) in [5.74, 6) is 1.55. The van der Waals surface area contributed by atoms with Crippen LogP contribution in [0.5, 0.6) is 0 Å². The number of H-pyrrole nitrogens is 1. The summed E-state index contributed by atoms with van der Waals surface area (Å²) in [5.41, 5.74) is 0.863. The number of hydrogen-bond acceptors (Lipinski definition) is 6. The Kier molecular flexibility index (Phi) is 5.53. The van der Waals surface area contributed by atoms with Crippen molar-refractivity contribution in [2.24, 2.45) is 0 Å². The molecular formula is C17H19N5O3. The molecule has 0 aliphatic carbocycles. The van der Waals surface area contributed by atoms with E-state index in [-0.39, 0.29) is 25.0 Å². The minimum absolute atomic E-state index is 0.0755. The minimum Gasteiger partial charge on any atom is -0.362 e. The van der Waals surface area contributed by atoms with Crippen molar-refractivity contribution < 1.29 is 14.1 Å². The third kappa shape index (κ3) is 4.74. The van der Waals surface area contributed by atoms with Gasteiger partial charge in [-0.3, -0.25) is 4.79 Å². The molecule has 0 spiro atoms. The van der Waals surface area contributed by atoms with E-state index in [2.05, 4.69) is 25.4 Å². The van der Waals surface area contributed by atoms with Crippen LogP contribution in [0.25, 0.3) is 11.4 Å². The van der Waals surface area contributed by atoms with Crippen molar-refractivity contribution in [2.45, 2.75) is 19.4 Å². The van der Waals surface area contributed by atoms with E-state index in [4.69, 9.17) is 9.26 Å². The molecule has 1 aromatic carbocycles. The minimum atomic E-state index is -0.207. The summed E-state index contributed by atoms with van der Waals surface area (Å²) in [7, 11) is 0. The van der Waals surface area contributed by atoms with Crippen molar-refractivity contribution in [3.63, 3.8) is 0 Å². The zero-order chi connectivity index (χ0) is 17.5. The molecule has 8 nitrogen and oxygen atoms in total. The SMILES string of the molecule is CC(CNC(=O)COCc1nc(-c2ccccc2)no1)c1ncc[nH]1. The number of aromatic amines is 1. The normalized spacial score (nSPS) is 12.0. The molecule has 0 bridgehead atoms. The number of carbonyl (C=O) groups excluding carboxylic acids is 1. The van der Waals surface area contributed by atoms with Gasteiger partial charge in [-0.1, -0.05) is 42.4 Å². The van der Waals surface area contributed by atoms with Crippen LogP contribution < -0.4 is 5.32 Å². The molecule has 0 aliphatic rings. The Balaban J connectivity index is 1.39. The lowest BCUT2D eigenvalue weighted by molar-refractivity contribution is -0.126. The Morgan fingerprint density at radius 2 is 2.20 bits per heavy atom. The number of nitrogens with one attached hydrogen (secondary N) is 2. The van der Waals surface area contributed by atoms with Crippen LogP contribution in [0, 0.1) is 0 Å². The van der Waals surface area contributed by atoms with Crippen molar-refractivity contribution in [1.82, 2.24) is 25.4 Å². The van der Waals surface area contributed by atoms with E-state index in [0.29, 0.717) is 18.3 Å². The molecular weight excluding hydrogens is 322 g/mol. The Hall–Kier alpha value is -3.00. The lowest BCUT2D eigenvalue weighted by Crippen LogP contribution is -2.31. The van der Waals surface area contributed by atoms with E-state index in [1.807, 2.05) is 37.3 Å². The molecule has 2 N–H and O–H groups in total. The standard InChI is InChI=1S/C17H19N5O3/c1-12(16-18-7-8-19-16)9-20-14(23)10-24-11-15-21-17(22-25-15)13-5-3-2-4-6-13/h2-8,12H,9-11H2,1H3,(H,18,19)(H,20,23). The number of rotatable bonds is 8. The molecule has 25 heavy (non-hydrogen) atoms. The number of carbonyl (C=O) groups is 1. The highest BCUT2D eigenvalue weighted by Crippen LogP contribution is 2.15. The zero-order valence-corrected chi connectivity index (χ0v) is 13.8. The van der Waals surface area contributed by atoms with Crippen molar-refractivity contribution in [3.05, 3.63) is 54.4 Å². The summed E-state index contributed by atoms with van der Waals surface area (Å²) in [6, 6.07) is 9.50. The van der Waals surface area contributed by atoms with E-state index in [1.54, 1.807) is 12.4 Å². The van der Waals surface area contributed by atoms with Crippen molar-refractivity contribution in [3.8, 4) is 11.4 Å². The van der Waals surface area contributed by atoms with Gasteiger partial charge in [0.05, 0.1) is 0 Å². The van der Waals surface area contributed by atoms with Gasteiger partial charge in [-0.2, -0.15) is 4.98 Å². The second kappa shape index (κ2) is 8.20. The Bertz CT molecular complexity index is 786. The van der Waals surface area contributed by atoms with E-state index in [1.165, 1.54) is 0 Å². The smallest absolute Gasteiger partial charge is 0.252 e. The third-order valence-electron chi connectivity index (χ3n) is 3.55. The predicted octanol–water partition coefficient (Wildman–Crippen LogP) is 1.90. The van der Waals surface area contributed by atoms with Crippen LogP contribution in [-0.4, -0.2) is 39.2 Å². The lowest BCUT2D eigenvalue weighted by atomic mass is 10.2. The van der Waals surface area contributed by atoms with Gasteiger partial charge in [0.15, 0.2) is 0 Å². The summed E-state index contributed by atoms with van der Waals surface area (Å²) < 4.78 is 10.4. The van der Waals surface area contributed by atoms with Crippen LogP contribution in [0.4, 0.5) is 0 Å². The molecule has 0 fully saturated rings. The van der Waals surface area contributed by atoms with Crippen LogP contribution in [0.2, 0.25) is 0 Å². The molecule has 2 heterocycles. The zero-order valence-electron chi connectivity index (χ0n) is 13.8. The van der Waals surface area contributed by atoms with Crippen LogP contribution in [0.3, 0.4) is 0 Å². The molecule has 1 amide bonds. The fourth-order valence-electron chi connectivity index (χ4n) is 2.21. The molecule has 3 aromatic rings.